The summed E-state index contributed by atoms with van der Waals surface area (Å²) in [4.78, 5) is 35.1. The number of nitrogens with one attached hydrogen (secondary N) is 1. The third kappa shape index (κ3) is 5.63. The highest BCUT2D eigenvalue weighted by molar-refractivity contribution is 8.16. The molecule has 2 aromatic rings. The first kappa shape index (κ1) is 26.3. The number of carbonyl (C=O) groups excluding carboxylic acids is 2. The van der Waals surface area contributed by atoms with Crippen molar-refractivity contribution >= 4 is 28.8 Å². The van der Waals surface area contributed by atoms with Crippen LogP contribution in [0, 0.1) is 0 Å². The Bertz CT molecular complexity index is 1280. The monoisotopic (exact) mass is 532 g/mol. The lowest BCUT2D eigenvalue weighted by Gasteiger charge is -2.37. The van der Waals surface area contributed by atoms with E-state index in [0.717, 1.165) is 17.3 Å². The van der Waals surface area contributed by atoms with E-state index in [4.69, 9.17) is 9.47 Å². The number of amidine groups is 1. The van der Waals surface area contributed by atoms with Gasteiger partial charge in [-0.3, -0.25) is 9.78 Å². The van der Waals surface area contributed by atoms with Gasteiger partial charge in [0.25, 0.3) is 0 Å². The van der Waals surface area contributed by atoms with E-state index in [1.165, 1.54) is 18.9 Å². The number of esters is 1. The highest BCUT2D eigenvalue weighted by atomic mass is 32.2. The number of alkyl halides is 3. The van der Waals surface area contributed by atoms with Crippen LogP contribution in [0.25, 0.3) is 0 Å². The lowest BCUT2D eigenvalue weighted by atomic mass is 9.92. The number of hydrogen-bond acceptors (Lipinski definition) is 8. The number of halogens is 3. The number of benzene rings is 1. The molecule has 0 bridgehead atoms. The van der Waals surface area contributed by atoms with Gasteiger partial charge in [0.2, 0.25) is 5.91 Å². The first-order valence-electron chi connectivity index (χ1n) is 11.2. The molecule has 0 spiro atoms. The molecule has 2 aliphatic rings. The lowest BCUT2D eigenvalue weighted by molar-refractivity contribution is -0.140. The molecule has 1 atom stereocenters. The predicted molar refractivity (Wildman–Crippen MR) is 131 cm³/mol. The van der Waals surface area contributed by atoms with E-state index in [1.807, 2.05) is 0 Å². The normalized spacial score (nSPS) is 17.1. The van der Waals surface area contributed by atoms with Gasteiger partial charge in [0, 0.05) is 30.2 Å². The van der Waals surface area contributed by atoms with Gasteiger partial charge in [-0.05, 0) is 30.0 Å². The van der Waals surface area contributed by atoms with Crippen LogP contribution in [-0.2, 0) is 20.9 Å². The number of allylic oxidation sites excluding steroid dienone is 1. The zero-order valence-corrected chi connectivity index (χ0v) is 20.7. The highest BCUT2D eigenvalue weighted by Crippen LogP contribution is 2.49. The summed E-state index contributed by atoms with van der Waals surface area (Å²) in [6.45, 7) is 1.61. The Kier molecular flexibility index (Phi) is 7.86. The number of hydrogen-bond donors (Lipinski definition) is 1. The maximum atomic E-state index is 14.2. The Morgan fingerprint density at radius 3 is 2.65 bits per heavy atom. The number of carbonyl (C=O) groups is 2. The molecule has 3 heterocycles. The number of methoxy groups -OCH3 is 1. The van der Waals surface area contributed by atoms with Crippen LogP contribution in [-0.4, -0.2) is 46.8 Å². The van der Waals surface area contributed by atoms with Crippen LogP contribution in [0.5, 0.6) is 5.75 Å². The Hall–Kier alpha value is -3.80. The standard InChI is InChI=1S/C25H23F3N4O4S/c1-3-36-23(34)20-21(17-8-4-5-9-18(17)35-2)32-16(14-37-24(32)31-22(20)25(26,27)28)11-19(33)30-13-15-7-6-10-29-12-15/h4-10,12,14,21H,3,11,13H2,1-2H3,(H,30,33). The van der Waals surface area contributed by atoms with Gasteiger partial charge in [-0.15, -0.1) is 0 Å². The number of aromatic nitrogens is 1. The third-order valence-corrected chi connectivity index (χ3v) is 6.45. The molecule has 0 radical (unpaired) electrons. The number of fused-ring (bicyclic) bond motifs is 1. The van der Waals surface area contributed by atoms with E-state index >= 15 is 0 Å². The Balaban J connectivity index is 1.74. The summed E-state index contributed by atoms with van der Waals surface area (Å²) in [5.41, 5.74) is -0.541. The smallest absolute Gasteiger partial charge is 0.434 e. The fraction of sp³-hybridized carbons (Fsp3) is 0.280. The average molecular weight is 533 g/mol. The van der Waals surface area contributed by atoms with E-state index in [1.54, 1.807) is 54.2 Å². The van der Waals surface area contributed by atoms with Crippen LogP contribution < -0.4 is 10.1 Å². The van der Waals surface area contributed by atoms with Crippen molar-refractivity contribution in [2.24, 2.45) is 4.99 Å². The number of thioether (sulfide) groups is 1. The number of nitrogens with zero attached hydrogens (tertiary/aromatic N) is 3. The van der Waals surface area contributed by atoms with E-state index in [0.29, 0.717) is 11.3 Å². The molecule has 12 heteroatoms. The highest BCUT2D eigenvalue weighted by Gasteiger charge is 2.49. The Labute approximate surface area is 215 Å². The van der Waals surface area contributed by atoms with Gasteiger partial charge in [-0.25, -0.2) is 9.79 Å². The van der Waals surface area contributed by atoms with Crippen LogP contribution >= 0.6 is 11.8 Å². The largest absolute Gasteiger partial charge is 0.496 e. The van der Waals surface area contributed by atoms with E-state index in [2.05, 4.69) is 15.3 Å². The van der Waals surface area contributed by atoms with E-state index < -0.39 is 29.5 Å². The number of rotatable bonds is 8. The minimum absolute atomic E-state index is 0.00802. The quantitative estimate of drug-likeness (QED) is 0.502. The third-order valence-electron chi connectivity index (χ3n) is 5.56. The molecule has 1 N–H and O–H groups in total. The summed E-state index contributed by atoms with van der Waals surface area (Å²) in [5.74, 6) is -1.24. The van der Waals surface area contributed by atoms with Gasteiger partial charge >= 0.3 is 12.1 Å². The predicted octanol–water partition coefficient (Wildman–Crippen LogP) is 4.48. The summed E-state index contributed by atoms with van der Waals surface area (Å²) < 4.78 is 53.0. The number of aliphatic imine (C=N–C) groups is 1. The molecule has 1 unspecified atom stereocenters. The van der Waals surface area contributed by atoms with E-state index in [9.17, 15) is 22.8 Å². The van der Waals surface area contributed by atoms with Crippen molar-refractivity contribution in [3.05, 3.63) is 82.3 Å². The molecule has 1 aromatic carbocycles. The number of ether oxygens (including phenoxy) is 2. The second-order valence-electron chi connectivity index (χ2n) is 7.93. The minimum atomic E-state index is -4.92. The van der Waals surface area contributed by atoms with Crippen molar-refractivity contribution in [3.8, 4) is 5.75 Å². The molecule has 8 nitrogen and oxygen atoms in total. The summed E-state index contributed by atoms with van der Waals surface area (Å²) in [6, 6.07) is 8.72. The molecule has 1 amide bonds. The van der Waals surface area contributed by atoms with Crippen molar-refractivity contribution in [1.82, 2.24) is 15.2 Å². The van der Waals surface area contributed by atoms with Gasteiger partial charge in [-0.2, -0.15) is 13.2 Å². The molecule has 194 valence electrons. The van der Waals surface area contributed by atoms with Crippen LogP contribution in [0.2, 0.25) is 0 Å². The average Bonchev–Trinajstić information content (AvgIpc) is 3.29. The van der Waals surface area contributed by atoms with Gasteiger partial charge in [-0.1, -0.05) is 36.0 Å². The summed E-state index contributed by atoms with van der Waals surface area (Å²) >= 11 is 0.946. The fourth-order valence-electron chi connectivity index (χ4n) is 4.01. The number of pyridine rings is 1. The van der Waals surface area contributed by atoms with Crippen molar-refractivity contribution in [2.45, 2.75) is 32.1 Å². The van der Waals surface area contributed by atoms with Gasteiger partial charge < -0.3 is 19.7 Å². The minimum Gasteiger partial charge on any atom is -0.496 e. The summed E-state index contributed by atoms with van der Waals surface area (Å²) in [7, 11) is 1.39. The molecule has 37 heavy (non-hydrogen) atoms. The topological polar surface area (TPSA) is 93.1 Å². The first-order chi connectivity index (χ1) is 17.7. The molecule has 2 aliphatic heterocycles. The van der Waals surface area contributed by atoms with Crippen molar-refractivity contribution in [2.75, 3.05) is 13.7 Å². The van der Waals surface area contributed by atoms with Crippen molar-refractivity contribution < 1.29 is 32.2 Å². The van der Waals surface area contributed by atoms with Crippen LogP contribution in [0.15, 0.2) is 76.2 Å². The molecule has 0 fully saturated rings. The Morgan fingerprint density at radius 2 is 1.97 bits per heavy atom. The summed E-state index contributed by atoms with van der Waals surface area (Å²) in [6.07, 6.45) is -1.85. The van der Waals surface area contributed by atoms with Gasteiger partial charge in [0.15, 0.2) is 10.9 Å². The van der Waals surface area contributed by atoms with Crippen molar-refractivity contribution in [1.29, 1.82) is 0 Å². The maximum Gasteiger partial charge on any atom is 0.434 e. The lowest BCUT2D eigenvalue weighted by Crippen LogP contribution is -2.40. The SMILES string of the molecule is CCOC(=O)C1=C(C(F)(F)F)N=C2SC=C(CC(=O)NCc3cccnc3)N2C1c1ccccc1OC. The van der Waals surface area contributed by atoms with Gasteiger partial charge in [0.1, 0.15) is 5.75 Å². The van der Waals surface area contributed by atoms with Crippen LogP contribution in [0.4, 0.5) is 13.2 Å². The number of amides is 1. The zero-order valence-electron chi connectivity index (χ0n) is 19.9. The molecular formula is C25H23F3N4O4S. The zero-order chi connectivity index (χ0) is 26.6. The molecular weight excluding hydrogens is 509 g/mol. The molecule has 1 aromatic heterocycles. The fourth-order valence-corrected chi connectivity index (χ4v) is 4.92. The first-order valence-corrected chi connectivity index (χ1v) is 12.1. The van der Waals surface area contributed by atoms with Gasteiger partial charge in [0.05, 0.1) is 31.8 Å². The maximum absolute atomic E-state index is 14.2. The van der Waals surface area contributed by atoms with E-state index in [-0.39, 0.29) is 36.4 Å². The molecule has 0 saturated heterocycles. The molecule has 4 rings (SSSR count). The van der Waals surface area contributed by atoms with Crippen molar-refractivity contribution in [3.63, 3.8) is 0 Å². The second-order valence-corrected chi connectivity index (χ2v) is 8.77. The Morgan fingerprint density at radius 1 is 1.19 bits per heavy atom. The summed E-state index contributed by atoms with van der Waals surface area (Å²) in [5, 5.41) is 4.34. The second kappa shape index (κ2) is 11.1. The van der Waals surface area contributed by atoms with Crippen LogP contribution in [0.3, 0.4) is 0 Å². The molecule has 0 saturated carbocycles. The molecule has 0 aliphatic carbocycles. The number of para-hydroxylation sites is 1. The van der Waals surface area contributed by atoms with Crippen LogP contribution in [0.1, 0.15) is 30.5 Å².